The SMILES string of the molecule is c1ccc(-c2cccc(-c3ccc(-n4c5ccccc5c5cc(-n6c7ccccc7c7cc(-c8ccccc8-n8c9ccccc9c9ccccc98)ccc76)ccc54)cc3)c2)cc1. The number of aromatic nitrogens is 3. The van der Waals surface area contributed by atoms with Gasteiger partial charge in [-0.25, -0.2) is 0 Å². The second kappa shape index (κ2) is 14.1. The number of nitrogens with zero attached hydrogens (tertiary/aromatic N) is 3. The molecule has 13 rings (SSSR count). The maximum atomic E-state index is 2.44. The largest absolute Gasteiger partial charge is 0.309 e. The first-order valence-corrected chi connectivity index (χ1v) is 21.7. The van der Waals surface area contributed by atoms with Crippen LogP contribution in [0.25, 0.3) is 116 Å². The van der Waals surface area contributed by atoms with Crippen LogP contribution in [0.5, 0.6) is 0 Å². The van der Waals surface area contributed by atoms with Gasteiger partial charge in [0.25, 0.3) is 0 Å². The molecular formula is C60H39N3. The van der Waals surface area contributed by atoms with Crippen LogP contribution in [-0.2, 0) is 0 Å². The number of para-hydroxylation sites is 5. The van der Waals surface area contributed by atoms with Gasteiger partial charge in [-0.3, -0.25) is 0 Å². The van der Waals surface area contributed by atoms with Crippen LogP contribution < -0.4 is 0 Å². The topological polar surface area (TPSA) is 14.8 Å². The molecule has 0 atom stereocenters. The van der Waals surface area contributed by atoms with Crippen LogP contribution in [0.15, 0.2) is 237 Å². The van der Waals surface area contributed by atoms with Crippen molar-refractivity contribution in [1.29, 1.82) is 0 Å². The summed E-state index contributed by atoms with van der Waals surface area (Å²) in [7, 11) is 0. The zero-order chi connectivity index (χ0) is 41.4. The molecule has 0 fully saturated rings. The van der Waals surface area contributed by atoms with Crippen LogP contribution in [-0.4, -0.2) is 13.7 Å². The van der Waals surface area contributed by atoms with Gasteiger partial charge in [0.2, 0.25) is 0 Å². The fourth-order valence-electron chi connectivity index (χ4n) is 10.2. The second-order valence-electron chi connectivity index (χ2n) is 16.5. The van der Waals surface area contributed by atoms with Crippen molar-refractivity contribution in [3.05, 3.63) is 237 Å². The van der Waals surface area contributed by atoms with Crippen molar-refractivity contribution in [3.63, 3.8) is 0 Å². The molecule has 0 unspecified atom stereocenters. The first-order valence-electron chi connectivity index (χ1n) is 21.7. The highest BCUT2D eigenvalue weighted by Crippen LogP contribution is 2.41. The normalized spacial score (nSPS) is 11.8. The predicted octanol–water partition coefficient (Wildman–Crippen LogP) is 16.0. The summed E-state index contributed by atoms with van der Waals surface area (Å²) in [6, 6.07) is 86.4. The zero-order valence-electron chi connectivity index (χ0n) is 34.4. The first kappa shape index (κ1) is 35.4. The third-order valence-corrected chi connectivity index (χ3v) is 13.1. The average Bonchev–Trinajstić information content (AvgIpc) is 4.00. The van der Waals surface area contributed by atoms with Gasteiger partial charge in [0, 0.05) is 49.3 Å². The average molecular weight is 802 g/mol. The minimum Gasteiger partial charge on any atom is -0.309 e. The van der Waals surface area contributed by atoms with Crippen molar-refractivity contribution in [1.82, 2.24) is 13.7 Å². The number of fused-ring (bicyclic) bond motifs is 9. The third-order valence-electron chi connectivity index (χ3n) is 13.1. The number of hydrogen-bond donors (Lipinski definition) is 0. The lowest BCUT2D eigenvalue weighted by atomic mass is 9.99. The molecule has 0 aliphatic carbocycles. The molecule has 0 radical (unpaired) electrons. The molecule has 0 N–H and O–H groups in total. The molecule has 63 heavy (non-hydrogen) atoms. The Morgan fingerprint density at radius 2 is 0.619 bits per heavy atom. The van der Waals surface area contributed by atoms with Crippen LogP contribution in [0.2, 0.25) is 0 Å². The van der Waals surface area contributed by atoms with Crippen LogP contribution in [0, 0.1) is 0 Å². The molecule has 10 aromatic carbocycles. The molecule has 13 aromatic rings. The summed E-state index contributed by atoms with van der Waals surface area (Å²) in [5, 5.41) is 7.46. The molecule has 3 heteroatoms. The molecule has 0 bridgehead atoms. The predicted molar refractivity (Wildman–Crippen MR) is 266 cm³/mol. The standard InChI is InChI=1S/C60H39N3/c1-2-15-40(16-3-1)42-17-14-18-43(37-42)41-29-32-45(33-30-41)61-55-25-10-8-23-51(55)53-39-46(34-36-60(53)61)62-56-26-11-7-22-50(56)52-38-44(31-35-59(52)62)47-19-4-9-24-54(47)63-57-27-12-5-20-48(57)49-21-6-13-28-58(49)63/h1-39H. The van der Waals surface area contributed by atoms with E-state index >= 15 is 0 Å². The van der Waals surface area contributed by atoms with E-state index in [4.69, 9.17) is 0 Å². The second-order valence-corrected chi connectivity index (χ2v) is 16.5. The molecule has 0 amide bonds. The summed E-state index contributed by atoms with van der Waals surface area (Å²) < 4.78 is 7.28. The quantitative estimate of drug-likeness (QED) is 0.159. The highest BCUT2D eigenvalue weighted by molar-refractivity contribution is 6.14. The summed E-state index contributed by atoms with van der Waals surface area (Å²) in [4.78, 5) is 0. The van der Waals surface area contributed by atoms with E-state index in [2.05, 4.69) is 250 Å². The van der Waals surface area contributed by atoms with Crippen LogP contribution in [0.3, 0.4) is 0 Å². The molecule has 0 aliphatic rings. The van der Waals surface area contributed by atoms with Gasteiger partial charge in [-0.2, -0.15) is 0 Å². The highest BCUT2D eigenvalue weighted by Gasteiger charge is 2.19. The Kier molecular flexibility index (Phi) is 7.91. The van der Waals surface area contributed by atoms with E-state index in [1.54, 1.807) is 0 Å². The summed E-state index contributed by atoms with van der Waals surface area (Å²) >= 11 is 0. The summed E-state index contributed by atoms with van der Waals surface area (Å²) in [5.41, 5.74) is 17.9. The van der Waals surface area contributed by atoms with E-state index in [0.717, 1.165) is 11.4 Å². The Hall–Kier alpha value is -8.40. The van der Waals surface area contributed by atoms with E-state index in [9.17, 15) is 0 Å². The Bertz CT molecular complexity index is 3850. The van der Waals surface area contributed by atoms with Gasteiger partial charge in [-0.1, -0.05) is 158 Å². The van der Waals surface area contributed by atoms with Gasteiger partial charge >= 0.3 is 0 Å². The highest BCUT2D eigenvalue weighted by atomic mass is 15.0. The Balaban J connectivity index is 0.931. The van der Waals surface area contributed by atoms with Gasteiger partial charge in [0.05, 0.1) is 38.8 Å². The lowest BCUT2D eigenvalue weighted by Gasteiger charge is -2.14. The lowest BCUT2D eigenvalue weighted by molar-refractivity contribution is 1.16. The van der Waals surface area contributed by atoms with E-state index in [1.807, 2.05) is 0 Å². The van der Waals surface area contributed by atoms with Crippen molar-refractivity contribution >= 4 is 65.4 Å². The summed E-state index contributed by atoms with van der Waals surface area (Å²) in [6.07, 6.45) is 0. The van der Waals surface area contributed by atoms with E-state index in [1.165, 1.54) is 104 Å². The molecule has 0 saturated carbocycles. The Morgan fingerprint density at radius 1 is 0.206 bits per heavy atom. The van der Waals surface area contributed by atoms with Crippen LogP contribution in [0.4, 0.5) is 0 Å². The van der Waals surface area contributed by atoms with Crippen molar-refractivity contribution < 1.29 is 0 Å². The lowest BCUT2D eigenvalue weighted by Crippen LogP contribution is -1.97. The molecule has 0 spiro atoms. The number of hydrogen-bond acceptors (Lipinski definition) is 0. The fraction of sp³-hybridized carbons (Fsp3) is 0. The van der Waals surface area contributed by atoms with E-state index < -0.39 is 0 Å². The van der Waals surface area contributed by atoms with Crippen molar-refractivity contribution in [2.24, 2.45) is 0 Å². The fourth-order valence-corrected chi connectivity index (χ4v) is 10.2. The molecule has 0 aliphatic heterocycles. The van der Waals surface area contributed by atoms with Gasteiger partial charge in [-0.15, -0.1) is 0 Å². The monoisotopic (exact) mass is 801 g/mol. The van der Waals surface area contributed by atoms with Crippen LogP contribution in [0.1, 0.15) is 0 Å². The van der Waals surface area contributed by atoms with Crippen LogP contribution >= 0.6 is 0 Å². The molecule has 294 valence electrons. The molecule has 0 saturated heterocycles. The molecular weight excluding hydrogens is 763 g/mol. The van der Waals surface area contributed by atoms with Gasteiger partial charge in [-0.05, 0) is 107 Å². The zero-order valence-corrected chi connectivity index (χ0v) is 34.4. The number of rotatable bonds is 6. The minimum atomic E-state index is 1.14. The molecule has 3 aromatic heterocycles. The Morgan fingerprint density at radius 3 is 1.25 bits per heavy atom. The van der Waals surface area contributed by atoms with Crippen molar-refractivity contribution in [2.45, 2.75) is 0 Å². The van der Waals surface area contributed by atoms with E-state index in [0.29, 0.717) is 0 Å². The maximum absolute atomic E-state index is 2.44. The van der Waals surface area contributed by atoms with Gasteiger partial charge in [0.15, 0.2) is 0 Å². The number of benzene rings is 10. The summed E-state index contributed by atoms with van der Waals surface area (Å²) in [5.74, 6) is 0. The van der Waals surface area contributed by atoms with Crippen molar-refractivity contribution in [3.8, 4) is 50.4 Å². The van der Waals surface area contributed by atoms with Crippen molar-refractivity contribution in [2.75, 3.05) is 0 Å². The Labute approximate surface area is 364 Å². The molecule has 3 heterocycles. The molecule has 3 nitrogen and oxygen atoms in total. The maximum Gasteiger partial charge on any atom is 0.0542 e. The minimum absolute atomic E-state index is 1.14. The first-order chi connectivity index (χ1) is 31.3. The van der Waals surface area contributed by atoms with E-state index in [-0.39, 0.29) is 0 Å². The summed E-state index contributed by atoms with van der Waals surface area (Å²) in [6.45, 7) is 0. The smallest absolute Gasteiger partial charge is 0.0542 e. The van der Waals surface area contributed by atoms with Gasteiger partial charge in [0.1, 0.15) is 0 Å². The van der Waals surface area contributed by atoms with Gasteiger partial charge < -0.3 is 13.7 Å². The third kappa shape index (κ3) is 5.53.